The van der Waals surface area contributed by atoms with Crippen molar-refractivity contribution in [3.05, 3.63) is 22.9 Å². The molecule has 4 atom stereocenters. The molecular weight excluding hydrogens is 366 g/mol. The standard InChI is InChI=1S/C21H32ClNO4/c1-2-5-15(10-18(13-23)27-9-4-7-22)21-19(24)11-17(12-20(21)25)16-6-3-8-26-14-16/h4,7,13,15-18,23-24H,2-3,5-6,8-12,14H2,1H3. The second-order valence-corrected chi connectivity index (χ2v) is 7.80. The van der Waals surface area contributed by atoms with Gasteiger partial charge in [-0.3, -0.25) is 4.79 Å². The van der Waals surface area contributed by atoms with Crippen molar-refractivity contribution in [3.63, 3.8) is 0 Å². The number of aliphatic hydroxyl groups excluding tert-OH is 1. The summed E-state index contributed by atoms with van der Waals surface area (Å²) in [6.07, 6.45) is 7.89. The summed E-state index contributed by atoms with van der Waals surface area (Å²) in [5.41, 5.74) is 1.95. The molecule has 1 heterocycles. The van der Waals surface area contributed by atoms with E-state index in [9.17, 15) is 9.90 Å². The van der Waals surface area contributed by atoms with Gasteiger partial charge in [0.05, 0.1) is 18.5 Å². The molecule has 6 heteroatoms. The predicted molar refractivity (Wildman–Crippen MR) is 107 cm³/mol. The first-order valence-electron chi connectivity index (χ1n) is 10.0. The maximum Gasteiger partial charge on any atom is 0.162 e. The largest absolute Gasteiger partial charge is 0.512 e. The van der Waals surface area contributed by atoms with Crippen LogP contribution in [0.15, 0.2) is 22.9 Å². The second kappa shape index (κ2) is 11.6. The van der Waals surface area contributed by atoms with Crippen LogP contribution in [-0.4, -0.2) is 43.0 Å². The number of carbonyl (C=O) groups excluding carboxylic acids is 1. The fraction of sp³-hybridized carbons (Fsp3) is 0.714. The minimum Gasteiger partial charge on any atom is -0.512 e. The van der Waals surface area contributed by atoms with E-state index in [0.717, 1.165) is 32.3 Å². The molecule has 0 aromatic heterocycles. The van der Waals surface area contributed by atoms with Gasteiger partial charge in [-0.05, 0) is 49.5 Å². The molecule has 1 aliphatic heterocycles. The van der Waals surface area contributed by atoms with E-state index in [0.29, 0.717) is 44.0 Å². The van der Waals surface area contributed by atoms with E-state index in [1.807, 2.05) is 0 Å². The fourth-order valence-corrected chi connectivity index (χ4v) is 4.35. The summed E-state index contributed by atoms with van der Waals surface area (Å²) < 4.78 is 11.2. The predicted octanol–water partition coefficient (Wildman–Crippen LogP) is 4.80. The van der Waals surface area contributed by atoms with Gasteiger partial charge in [0, 0.05) is 43.4 Å². The van der Waals surface area contributed by atoms with Crippen LogP contribution in [0, 0.1) is 23.2 Å². The SMILES string of the molecule is CCCC(CC(C=N)OCC=CCl)C1=C(O)CC(C2CCCOC2)CC1=O. The van der Waals surface area contributed by atoms with E-state index in [1.165, 1.54) is 11.7 Å². The van der Waals surface area contributed by atoms with Crippen molar-refractivity contribution in [1.82, 2.24) is 0 Å². The van der Waals surface area contributed by atoms with Gasteiger partial charge in [-0.1, -0.05) is 24.9 Å². The van der Waals surface area contributed by atoms with Crippen LogP contribution in [0.5, 0.6) is 0 Å². The zero-order chi connectivity index (χ0) is 19.6. The quantitative estimate of drug-likeness (QED) is 0.519. The Morgan fingerprint density at radius 3 is 2.81 bits per heavy atom. The Bertz CT molecular complexity index is 554. The average Bonchev–Trinajstić information content (AvgIpc) is 2.67. The van der Waals surface area contributed by atoms with Crippen LogP contribution in [0.2, 0.25) is 0 Å². The summed E-state index contributed by atoms with van der Waals surface area (Å²) in [5, 5.41) is 18.3. The molecule has 0 spiro atoms. The van der Waals surface area contributed by atoms with E-state index in [2.05, 4.69) is 6.92 Å². The first-order chi connectivity index (χ1) is 13.1. The zero-order valence-electron chi connectivity index (χ0n) is 16.2. The van der Waals surface area contributed by atoms with Gasteiger partial charge in [0.1, 0.15) is 0 Å². The average molecular weight is 398 g/mol. The molecule has 5 nitrogen and oxygen atoms in total. The number of aliphatic hydroxyl groups is 1. The third-order valence-corrected chi connectivity index (χ3v) is 5.80. The normalized spacial score (nSPS) is 26.4. The number of nitrogens with one attached hydrogen (secondary N) is 1. The lowest BCUT2D eigenvalue weighted by molar-refractivity contribution is -0.119. The third-order valence-electron chi connectivity index (χ3n) is 5.62. The Kier molecular flexibility index (Phi) is 9.52. The molecule has 27 heavy (non-hydrogen) atoms. The number of allylic oxidation sites excluding steroid dienone is 2. The van der Waals surface area contributed by atoms with E-state index in [1.54, 1.807) is 6.08 Å². The Morgan fingerprint density at radius 1 is 1.41 bits per heavy atom. The number of rotatable bonds is 10. The molecule has 0 amide bonds. The van der Waals surface area contributed by atoms with Crippen LogP contribution in [0.25, 0.3) is 0 Å². The van der Waals surface area contributed by atoms with E-state index < -0.39 is 6.10 Å². The van der Waals surface area contributed by atoms with Crippen molar-refractivity contribution in [2.75, 3.05) is 19.8 Å². The monoisotopic (exact) mass is 397 g/mol. The molecule has 0 aromatic rings. The number of hydrogen-bond donors (Lipinski definition) is 2. The number of carbonyl (C=O) groups is 1. The summed E-state index contributed by atoms with van der Waals surface area (Å²) in [7, 11) is 0. The lowest BCUT2D eigenvalue weighted by atomic mass is 9.73. The van der Waals surface area contributed by atoms with Gasteiger partial charge in [0.2, 0.25) is 0 Å². The van der Waals surface area contributed by atoms with Crippen molar-refractivity contribution in [2.45, 2.75) is 58.0 Å². The molecule has 1 saturated heterocycles. The highest BCUT2D eigenvalue weighted by Gasteiger charge is 2.36. The number of ether oxygens (including phenoxy) is 2. The Hall–Kier alpha value is -1.17. The van der Waals surface area contributed by atoms with Crippen molar-refractivity contribution in [1.29, 1.82) is 5.41 Å². The molecule has 152 valence electrons. The molecular formula is C21H32ClNO4. The number of ketones is 1. The van der Waals surface area contributed by atoms with Gasteiger partial charge in [0.15, 0.2) is 5.78 Å². The molecule has 1 aliphatic carbocycles. The van der Waals surface area contributed by atoms with Crippen LogP contribution >= 0.6 is 11.6 Å². The smallest absolute Gasteiger partial charge is 0.162 e. The van der Waals surface area contributed by atoms with Gasteiger partial charge in [-0.15, -0.1) is 0 Å². The van der Waals surface area contributed by atoms with Crippen LogP contribution in [-0.2, 0) is 14.3 Å². The third kappa shape index (κ3) is 6.44. The van der Waals surface area contributed by atoms with Crippen LogP contribution in [0.3, 0.4) is 0 Å². The van der Waals surface area contributed by atoms with E-state index >= 15 is 0 Å². The lowest BCUT2D eigenvalue weighted by Gasteiger charge is -2.34. The van der Waals surface area contributed by atoms with E-state index in [-0.39, 0.29) is 23.4 Å². The molecule has 0 aromatic carbocycles. The summed E-state index contributed by atoms with van der Waals surface area (Å²) in [4.78, 5) is 12.9. The van der Waals surface area contributed by atoms with Gasteiger partial charge >= 0.3 is 0 Å². The molecule has 0 radical (unpaired) electrons. The van der Waals surface area contributed by atoms with Crippen molar-refractivity contribution < 1.29 is 19.4 Å². The first kappa shape index (κ1) is 22.1. The molecule has 2 aliphatic rings. The Morgan fingerprint density at radius 2 is 2.22 bits per heavy atom. The highest BCUT2D eigenvalue weighted by molar-refractivity contribution is 6.25. The minimum absolute atomic E-state index is 0.0529. The molecule has 0 saturated carbocycles. The Labute approximate surface area is 167 Å². The molecule has 4 unspecified atom stereocenters. The first-order valence-corrected chi connectivity index (χ1v) is 10.4. The van der Waals surface area contributed by atoms with Crippen LogP contribution < -0.4 is 0 Å². The fourth-order valence-electron chi connectivity index (χ4n) is 4.28. The highest BCUT2D eigenvalue weighted by atomic mass is 35.5. The molecule has 2 N–H and O–H groups in total. The maximum absolute atomic E-state index is 12.9. The molecule has 0 bridgehead atoms. The molecule has 1 fully saturated rings. The highest BCUT2D eigenvalue weighted by Crippen LogP contribution is 2.39. The number of hydrogen-bond acceptors (Lipinski definition) is 5. The van der Waals surface area contributed by atoms with Crippen molar-refractivity contribution in [3.8, 4) is 0 Å². The van der Waals surface area contributed by atoms with Gasteiger partial charge in [0.25, 0.3) is 0 Å². The van der Waals surface area contributed by atoms with E-state index in [4.69, 9.17) is 26.5 Å². The Balaban J connectivity index is 2.09. The topological polar surface area (TPSA) is 79.6 Å². The number of halogens is 1. The van der Waals surface area contributed by atoms with Gasteiger partial charge in [-0.25, -0.2) is 0 Å². The second-order valence-electron chi connectivity index (χ2n) is 7.55. The van der Waals surface area contributed by atoms with Crippen molar-refractivity contribution in [2.24, 2.45) is 17.8 Å². The lowest BCUT2D eigenvalue weighted by Crippen LogP contribution is -2.33. The maximum atomic E-state index is 12.9. The van der Waals surface area contributed by atoms with Gasteiger partial charge < -0.3 is 20.0 Å². The number of Topliss-reactive ketones (excluding diaryl/α,β-unsaturated/α-hetero) is 1. The summed E-state index contributed by atoms with van der Waals surface area (Å²) >= 11 is 5.51. The molecule has 2 rings (SSSR count). The van der Waals surface area contributed by atoms with Crippen molar-refractivity contribution >= 4 is 23.6 Å². The summed E-state index contributed by atoms with van der Waals surface area (Å²) in [6.45, 7) is 3.88. The summed E-state index contributed by atoms with van der Waals surface area (Å²) in [6, 6.07) is 0. The minimum atomic E-state index is -0.396. The van der Waals surface area contributed by atoms with Gasteiger partial charge in [-0.2, -0.15) is 0 Å². The van der Waals surface area contributed by atoms with Crippen LogP contribution in [0.4, 0.5) is 0 Å². The van der Waals surface area contributed by atoms with Crippen LogP contribution in [0.1, 0.15) is 51.9 Å². The summed E-state index contributed by atoms with van der Waals surface area (Å²) in [5.74, 6) is 0.739. The zero-order valence-corrected chi connectivity index (χ0v) is 16.9.